The highest BCUT2D eigenvalue weighted by Gasteiger charge is 2.42. The Morgan fingerprint density at radius 3 is 1.75 bits per heavy atom. The number of hydrogen-bond donors (Lipinski definition) is 0. The Morgan fingerprint density at radius 2 is 0.947 bits per heavy atom. The highest BCUT2D eigenvalue weighted by molar-refractivity contribution is 7.25. The fourth-order valence-electron chi connectivity index (χ4n) is 8.99. The molecule has 2 aromatic heterocycles. The molecule has 1 aliphatic rings. The SMILES string of the molecule is CC1(c2ccccc2)c2ccccc2-c2cccc(-c3cccc(-c4cc(-c5cccc(-c6ccc7sc8ccccc8c7c6)c5)nc(-c5ccccc5)n4)c3)c21. The Labute approximate surface area is 336 Å². The van der Waals surface area contributed by atoms with Crippen molar-refractivity contribution in [2.75, 3.05) is 0 Å². The van der Waals surface area contributed by atoms with Crippen molar-refractivity contribution < 1.29 is 0 Å². The number of aromatic nitrogens is 2. The van der Waals surface area contributed by atoms with Crippen LogP contribution in [0.1, 0.15) is 23.6 Å². The van der Waals surface area contributed by atoms with E-state index in [4.69, 9.17) is 9.97 Å². The summed E-state index contributed by atoms with van der Waals surface area (Å²) in [7, 11) is 0. The van der Waals surface area contributed by atoms with Gasteiger partial charge in [-0.15, -0.1) is 11.3 Å². The lowest BCUT2D eigenvalue weighted by Gasteiger charge is -2.30. The van der Waals surface area contributed by atoms with Gasteiger partial charge in [0.25, 0.3) is 0 Å². The van der Waals surface area contributed by atoms with E-state index in [1.165, 1.54) is 64.7 Å². The normalized spacial score (nSPS) is 14.5. The number of rotatable bonds is 6. The van der Waals surface area contributed by atoms with E-state index in [0.717, 1.165) is 33.6 Å². The van der Waals surface area contributed by atoms with Gasteiger partial charge < -0.3 is 0 Å². The predicted molar refractivity (Wildman–Crippen MR) is 240 cm³/mol. The Hall–Kier alpha value is -6.94. The summed E-state index contributed by atoms with van der Waals surface area (Å²) in [4.78, 5) is 10.5. The third kappa shape index (κ3) is 5.54. The van der Waals surface area contributed by atoms with Crippen molar-refractivity contribution in [3.05, 3.63) is 217 Å². The molecule has 2 heterocycles. The first-order chi connectivity index (χ1) is 28.1. The lowest BCUT2D eigenvalue weighted by atomic mass is 9.72. The molecule has 3 heteroatoms. The van der Waals surface area contributed by atoms with E-state index >= 15 is 0 Å². The first kappa shape index (κ1) is 33.4. The van der Waals surface area contributed by atoms with Crippen molar-refractivity contribution in [1.29, 1.82) is 0 Å². The number of hydrogen-bond acceptors (Lipinski definition) is 3. The summed E-state index contributed by atoms with van der Waals surface area (Å²) < 4.78 is 2.62. The molecule has 0 radical (unpaired) electrons. The fraction of sp³-hybridized carbons (Fsp3) is 0.0370. The van der Waals surface area contributed by atoms with Gasteiger partial charge in [0.15, 0.2) is 5.82 Å². The van der Waals surface area contributed by atoms with Crippen LogP contribution < -0.4 is 0 Å². The second kappa shape index (κ2) is 13.4. The number of nitrogens with zero attached hydrogens (tertiary/aromatic N) is 2. The minimum atomic E-state index is -0.311. The van der Waals surface area contributed by atoms with E-state index in [9.17, 15) is 0 Å². The average molecular weight is 745 g/mol. The van der Waals surface area contributed by atoms with E-state index in [1.54, 1.807) is 0 Å². The summed E-state index contributed by atoms with van der Waals surface area (Å²) in [5, 5.41) is 2.60. The van der Waals surface area contributed by atoms with Crippen molar-refractivity contribution in [1.82, 2.24) is 9.97 Å². The van der Waals surface area contributed by atoms with Crippen LogP contribution in [0.4, 0.5) is 0 Å². The molecule has 0 saturated carbocycles. The number of benzene rings is 8. The quantitative estimate of drug-likeness (QED) is 0.169. The summed E-state index contributed by atoms with van der Waals surface area (Å²) in [5.74, 6) is 0.706. The van der Waals surface area contributed by atoms with Gasteiger partial charge >= 0.3 is 0 Å². The van der Waals surface area contributed by atoms with E-state index in [0.29, 0.717) is 5.82 Å². The third-order valence-electron chi connectivity index (χ3n) is 11.8. The molecule has 0 amide bonds. The van der Waals surface area contributed by atoms with Gasteiger partial charge in [-0.25, -0.2) is 9.97 Å². The maximum atomic E-state index is 5.24. The Bertz CT molecular complexity index is 3140. The van der Waals surface area contributed by atoms with Gasteiger partial charge in [-0.3, -0.25) is 0 Å². The van der Waals surface area contributed by atoms with Gasteiger partial charge in [0, 0.05) is 42.3 Å². The molecule has 8 aromatic carbocycles. The monoisotopic (exact) mass is 744 g/mol. The standard InChI is InChI=1S/C54H36N2S/c1-54(41-21-6-3-7-22-41)47-27-10-8-23-43(47)45-26-14-25-42(52(45)54)38-18-13-20-40(32-38)49-34-48(55-53(56-49)35-15-4-2-5-16-35)39-19-12-17-36(31-39)37-29-30-51-46(33-37)44-24-9-11-28-50(44)57-51/h2-34H,1H3. The second-order valence-corrected chi connectivity index (χ2v) is 16.1. The van der Waals surface area contributed by atoms with Gasteiger partial charge in [0.05, 0.1) is 11.4 Å². The molecule has 11 rings (SSSR count). The smallest absolute Gasteiger partial charge is 0.160 e. The van der Waals surface area contributed by atoms with E-state index in [2.05, 4.69) is 189 Å². The van der Waals surface area contributed by atoms with Gasteiger partial charge in [-0.05, 0) is 93.4 Å². The molecule has 0 N–H and O–H groups in total. The highest BCUT2D eigenvalue weighted by Crippen LogP contribution is 2.55. The molecule has 268 valence electrons. The minimum absolute atomic E-state index is 0.311. The van der Waals surface area contributed by atoms with Gasteiger partial charge in [0.1, 0.15) is 0 Å². The molecule has 1 atom stereocenters. The zero-order valence-corrected chi connectivity index (χ0v) is 32.2. The van der Waals surface area contributed by atoms with E-state index < -0.39 is 0 Å². The molecule has 2 nitrogen and oxygen atoms in total. The summed E-state index contributed by atoms with van der Waals surface area (Å²) in [6.07, 6.45) is 0. The fourth-order valence-corrected chi connectivity index (χ4v) is 10.1. The van der Waals surface area contributed by atoms with Crippen LogP contribution in [-0.2, 0) is 5.41 Å². The van der Waals surface area contributed by atoms with Crippen LogP contribution in [0.2, 0.25) is 0 Å². The number of fused-ring (bicyclic) bond motifs is 6. The molecule has 0 spiro atoms. The summed E-state index contributed by atoms with van der Waals surface area (Å²) in [6, 6.07) is 72.3. The van der Waals surface area contributed by atoms with Crippen molar-refractivity contribution in [2.24, 2.45) is 0 Å². The zero-order valence-electron chi connectivity index (χ0n) is 31.4. The van der Waals surface area contributed by atoms with Crippen molar-refractivity contribution in [3.63, 3.8) is 0 Å². The lowest BCUT2D eigenvalue weighted by Crippen LogP contribution is -2.23. The van der Waals surface area contributed by atoms with Crippen LogP contribution in [0.25, 0.3) is 87.5 Å². The minimum Gasteiger partial charge on any atom is -0.228 e. The molecular formula is C54H36N2S. The van der Waals surface area contributed by atoms with Crippen LogP contribution >= 0.6 is 11.3 Å². The van der Waals surface area contributed by atoms with Crippen molar-refractivity contribution in [2.45, 2.75) is 12.3 Å². The third-order valence-corrected chi connectivity index (χ3v) is 12.9. The van der Waals surface area contributed by atoms with Gasteiger partial charge in [0.2, 0.25) is 0 Å². The van der Waals surface area contributed by atoms with Crippen LogP contribution in [0.5, 0.6) is 0 Å². The summed E-state index contributed by atoms with van der Waals surface area (Å²) >= 11 is 1.85. The first-order valence-corrected chi connectivity index (χ1v) is 20.3. The summed E-state index contributed by atoms with van der Waals surface area (Å²) in [6.45, 7) is 2.39. The van der Waals surface area contributed by atoms with E-state index in [-0.39, 0.29) is 5.41 Å². The Kier molecular flexibility index (Phi) is 7.84. The topological polar surface area (TPSA) is 25.8 Å². The van der Waals surface area contributed by atoms with Crippen molar-refractivity contribution >= 4 is 31.5 Å². The van der Waals surface area contributed by atoms with Crippen LogP contribution in [0, 0.1) is 0 Å². The molecular weight excluding hydrogens is 709 g/mol. The maximum absolute atomic E-state index is 5.24. The lowest BCUT2D eigenvalue weighted by molar-refractivity contribution is 0.716. The molecule has 0 aliphatic heterocycles. The van der Waals surface area contributed by atoms with Crippen LogP contribution in [0.15, 0.2) is 200 Å². The zero-order chi connectivity index (χ0) is 37.9. The molecule has 0 saturated heterocycles. The first-order valence-electron chi connectivity index (χ1n) is 19.5. The molecule has 0 fully saturated rings. The van der Waals surface area contributed by atoms with Crippen LogP contribution in [0.3, 0.4) is 0 Å². The molecule has 1 unspecified atom stereocenters. The van der Waals surface area contributed by atoms with E-state index in [1.807, 2.05) is 29.5 Å². The molecule has 57 heavy (non-hydrogen) atoms. The highest BCUT2D eigenvalue weighted by atomic mass is 32.1. The number of thiophene rings is 1. The van der Waals surface area contributed by atoms with Crippen LogP contribution in [-0.4, -0.2) is 9.97 Å². The van der Waals surface area contributed by atoms with Gasteiger partial charge in [-0.2, -0.15) is 0 Å². The second-order valence-electron chi connectivity index (χ2n) is 15.1. The predicted octanol–water partition coefficient (Wildman–Crippen LogP) is 14.5. The average Bonchev–Trinajstić information content (AvgIpc) is 3.80. The summed E-state index contributed by atoms with van der Waals surface area (Å²) in [5.41, 5.74) is 15.9. The Balaban J connectivity index is 1.04. The van der Waals surface area contributed by atoms with Gasteiger partial charge in [-0.1, -0.05) is 164 Å². The molecule has 1 aliphatic carbocycles. The largest absolute Gasteiger partial charge is 0.228 e. The maximum Gasteiger partial charge on any atom is 0.160 e. The van der Waals surface area contributed by atoms with Crippen molar-refractivity contribution in [3.8, 4) is 67.3 Å². The molecule has 0 bridgehead atoms. The Morgan fingerprint density at radius 1 is 0.386 bits per heavy atom. The molecule has 10 aromatic rings.